The molecule has 1 unspecified atom stereocenters. The number of aromatic nitrogens is 2. The second kappa shape index (κ2) is 8.52. The van der Waals surface area contributed by atoms with Crippen LogP contribution in [0.5, 0.6) is 0 Å². The Morgan fingerprint density at radius 3 is 2.20 bits per heavy atom. The van der Waals surface area contributed by atoms with E-state index in [0.29, 0.717) is 23.2 Å². The van der Waals surface area contributed by atoms with E-state index in [1.165, 1.54) is 18.4 Å². The van der Waals surface area contributed by atoms with Crippen molar-refractivity contribution in [1.29, 1.82) is 0 Å². The Kier molecular flexibility index (Phi) is 5.64. The fourth-order valence-electron chi connectivity index (χ4n) is 3.03. The van der Waals surface area contributed by atoms with E-state index in [0.717, 1.165) is 0 Å². The molecule has 4 aromatic rings. The van der Waals surface area contributed by atoms with E-state index in [1.54, 1.807) is 48.5 Å². The van der Waals surface area contributed by atoms with E-state index in [-0.39, 0.29) is 23.1 Å². The van der Waals surface area contributed by atoms with E-state index in [2.05, 4.69) is 20.0 Å². The molecule has 0 saturated carbocycles. The Morgan fingerprint density at radius 1 is 0.900 bits per heavy atom. The van der Waals surface area contributed by atoms with Gasteiger partial charge < -0.3 is 14.8 Å². The molecular weight excluding hydrogens is 404 g/mol. The molecule has 0 aliphatic carbocycles. The largest absolute Gasteiger partial charge is 0.467 e. The zero-order chi connectivity index (χ0) is 21.0. The fraction of sp³-hybridized carbons (Fsp3) is 0.143. The summed E-state index contributed by atoms with van der Waals surface area (Å²) in [5.41, 5.74) is 1.15. The topological polar surface area (TPSA) is 117 Å². The first kappa shape index (κ1) is 19.9. The number of furan rings is 1. The molecule has 30 heavy (non-hydrogen) atoms. The number of para-hydroxylation sites is 2. The second-order valence-corrected chi connectivity index (χ2v) is 8.24. The van der Waals surface area contributed by atoms with Crippen LogP contribution in [-0.2, 0) is 10.0 Å². The fourth-order valence-corrected chi connectivity index (χ4v) is 4.06. The van der Waals surface area contributed by atoms with Crippen LogP contribution < -0.4 is 10.0 Å². The Balaban J connectivity index is 1.76. The monoisotopic (exact) mass is 424 g/mol. The molecule has 4 rings (SSSR count). The van der Waals surface area contributed by atoms with Crippen LogP contribution in [0, 0.1) is 0 Å². The van der Waals surface area contributed by atoms with Gasteiger partial charge in [0.2, 0.25) is 0 Å². The minimum atomic E-state index is -3.87. The molecule has 2 aromatic carbocycles. The molecule has 3 N–H and O–H groups in total. The van der Waals surface area contributed by atoms with Gasteiger partial charge >= 0.3 is 0 Å². The van der Waals surface area contributed by atoms with Gasteiger partial charge in [0.05, 0.1) is 28.2 Å². The lowest BCUT2D eigenvalue weighted by molar-refractivity contribution is 0.273. The molecule has 2 aromatic heterocycles. The first-order valence-electron chi connectivity index (χ1n) is 9.32. The van der Waals surface area contributed by atoms with E-state index >= 15 is 0 Å². The van der Waals surface area contributed by atoms with Gasteiger partial charge in [0.1, 0.15) is 5.76 Å². The average Bonchev–Trinajstić information content (AvgIpc) is 3.29. The summed E-state index contributed by atoms with van der Waals surface area (Å²) in [7, 11) is -3.87. The number of rotatable bonds is 8. The Morgan fingerprint density at radius 2 is 1.57 bits per heavy atom. The third-order valence-corrected chi connectivity index (χ3v) is 5.83. The lowest BCUT2D eigenvalue weighted by Gasteiger charge is -2.19. The number of aliphatic hydroxyl groups is 1. The van der Waals surface area contributed by atoms with Crippen LogP contribution in [0.25, 0.3) is 11.0 Å². The molecule has 1 atom stereocenters. The second-order valence-electron chi connectivity index (χ2n) is 6.55. The number of fused-ring (bicyclic) bond motifs is 1. The summed E-state index contributed by atoms with van der Waals surface area (Å²) in [5.74, 6) is 0.894. The van der Waals surface area contributed by atoms with Crippen molar-refractivity contribution in [2.75, 3.05) is 16.6 Å². The molecule has 0 fully saturated rings. The van der Waals surface area contributed by atoms with E-state index in [9.17, 15) is 13.5 Å². The highest BCUT2D eigenvalue weighted by atomic mass is 32.2. The molecule has 0 aliphatic rings. The van der Waals surface area contributed by atoms with Crippen molar-refractivity contribution < 1.29 is 17.9 Å². The quantitative estimate of drug-likeness (QED) is 0.396. The number of sulfonamides is 1. The number of anilines is 2. The molecule has 0 amide bonds. The number of hydrogen-bond acceptors (Lipinski definition) is 7. The summed E-state index contributed by atoms with van der Waals surface area (Å²) >= 11 is 0. The summed E-state index contributed by atoms with van der Waals surface area (Å²) in [6.45, 7) is -0.0928. The van der Waals surface area contributed by atoms with Crippen LogP contribution in [-0.4, -0.2) is 30.1 Å². The number of aliphatic hydroxyl groups excluding tert-OH is 1. The van der Waals surface area contributed by atoms with Gasteiger partial charge in [-0.1, -0.05) is 30.3 Å². The maximum absolute atomic E-state index is 12.9. The van der Waals surface area contributed by atoms with Crippen molar-refractivity contribution >= 4 is 32.7 Å². The Hall–Kier alpha value is -3.43. The van der Waals surface area contributed by atoms with Crippen LogP contribution in [0.4, 0.5) is 11.6 Å². The molecular formula is C21H20N4O4S. The summed E-state index contributed by atoms with van der Waals surface area (Å²) in [4.78, 5) is 9.15. The smallest absolute Gasteiger partial charge is 0.263 e. The van der Waals surface area contributed by atoms with Gasteiger partial charge in [-0.05, 0) is 42.8 Å². The van der Waals surface area contributed by atoms with Crippen LogP contribution in [0.1, 0.15) is 18.2 Å². The van der Waals surface area contributed by atoms with E-state index in [1.807, 2.05) is 6.07 Å². The lowest BCUT2D eigenvalue weighted by atomic mass is 10.1. The molecule has 0 spiro atoms. The minimum absolute atomic E-state index is 0.0621. The summed E-state index contributed by atoms with van der Waals surface area (Å²) < 4.78 is 33.7. The van der Waals surface area contributed by atoms with E-state index < -0.39 is 16.1 Å². The number of nitrogens with zero attached hydrogens (tertiary/aromatic N) is 2. The predicted octanol–water partition coefficient (Wildman–Crippen LogP) is 3.56. The van der Waals surface area contributed by atoms with Crippen LogP contribution >= 0.6 is 0 Å². The molecule has 154 valence electrons. The van der Waals surface area contributed by atoms with Gasteiger partial charge in [0, 0.05) is 6.61 Å². The number of benzene rings is 2. The number of nitrogens with one attached hydrogen (secondary N) is 2. The Labute approximate surface area is 173 Å². The Bertz CT molecular complexity index is 1230. The third-order valence-electron chi connectivity index (χ3n) is 4.47. The van der Waals surface area contributed by atoms with Gasteiger partial charge in [-0.2, -0.15) is 0 Å². The third kappa shape index (κ3) is 4.27. The summed E-state index contributed by atoms with van der Waals surface area (Å²) in [6.07, 6.45) is 1.87. The maximum Gasteiger partial charge on any atom is 0.263 e. The molecule has 8 nitrogen and oxygen atoms in total. The highest BCUT2D eigenvalue weighted by Gasteiger charge is 2.22. The number of hydrogen-bond donors (Lipinski definition) is 3. The van der Waals surface area contributed by atoms with Crippen molar-refractivity contribution in [3.05, 3.63) is 78.8 Å². The molecule has 0 bridgehead atoms. The average molecular weight is 424 g/mol. The highest BCUT2D eigenvalue weighted by molar-refractivity contribution is 7.92. The zero-order valence-corrected chi connectivity index (χ0v) is 16.7. The maximum atomic E-state index is 12.9. The van der Waals surface area contributed by atoms with Gasteiger partial charge in [0.25, 0.3) is 10.0 Å². The molecule has 0 aliphatic heterocycles. The highest BCUT2D eigenvalue weighted by Crippen LogP contribution is 2.29. The van der Waals surface area contributed by atoms with Crippen LogP contribution in [0.15, 0.2) is 82.3 Å². The molecule has 0 radical (unpaired) electrons. The van der Waals surface area contributed by atoms with Gasteiger partial charge in [0.15, 0.2) is 11.6 Å². The van der Waals surface area contributed by atoms with Crippen molar-refractivity contribution in [3.8, 4) is 0 Å². The van der Waals surface area contributed by atoms with Crippen molar-refractivity contribution in [2.24, 2.45) is 0 Å². The molecule has 9 heteroatoms. The summed E-state index contributed by atoms with van der Waals surface area (Å²) in [5, 5.41) is 12.6. The van der Waals surface area contributed by atoms with Crippen LogP contribution in [0.3, 0.4) is 0 Å². The van der Waals surface area contributed by atoms with Crippen molar-refractivity contribution in [2.45, 2.75) is 17.4 Å². The van der Waals surface area contributed by atoms with E-state index in [4.69, 9.17) is 4.42 Å². The van der Waals surface area contributed by atoms with Gasteiger partial charge in [-0.25, -0.2) is 18.4 Å². The van der Waals surface area contributed by atoms with Gasteiger partial charge in [-0.15, -0.1) is 0 Å². The first-order chi connectivity index (χ1) is 14.6. The predicted molar refractivity (Wildman–Crippen MR) is 114 cm³/mol. The SMILES string of the molecule is O=S(=O)(Nc1nc2ccccc2nc1NC(CCO)c1ccco1)c1ccccc1. The summed E-state index contributed by atoms with van der Waals surface area (Å²) in [6, 6.07) is 18.3. The molecule has 0 saturated heterocycles. The van der Waals surface area contributed by atoms with Crippen molar-refractivity contribution in [1.82, 2.24) is 9.97 Å². The standard InChI is InChI=1S/C21H20N4O4S/c26-13-12-18(19-11-6-14-29-19)24-20-21(23-17-10-5-4-9-16(17)22-20)25-30(27,28)15-7-2-1-3-8-15/h1-11,14,18,26H,12-13H2,(H,22,24)(H,23,25). The normalized spacial score (nSPS) is 12.6. The minimum Gasteiger partial charge on any atom is -0.467 e. The zero-order valence-electron chi connectivity index (χ0n) is 15.9. The van der Waals surface area contributed by atoms with Gasteiger partial charge in [-0.3, -0.25) is 4.72 Å². The van der Waals surface area contributed by atoms with Crippen LogP contribution in [0.2, 0.25) is 0 Å². The van der Waals surface area contributed by atoms with Crippen molar-refractivity contribution in [3.63, 3.8) is 0 Å². The molecule has 2 heterocycles. The first-order valence-corrected chi connectivity index (χ1v) is 10.8. The lowest BCUT2D eigenvalue weighted by Crippen LogP contribution is -2.19.